The number of nitrogens with zero attached hydrogens (tertiary/aromatic N) is 1. The summed E-state index contributed by atoms with van der Waals surface area (Å²) in [4.78, 5) is 5.42. The number of nitrogens with one attached hydrogen (secondary N) is 1. The molecule has 0 spiro atoms. The summed E-state index contributed by atoms with van der Waals surface area (Å²) in [5.74, 6) is 0.837. The number of hydrogen-bond donors (Lipinski definition) is 1. The van der Waals surface area contributed by atoms with Gasteiger partial charge in [-0.2, -0.15) is 0 Å². The van der Waals surface area contributed by atoms with Gasteiger partial charge in [0, 0.05) is 6.42 Å². The topological polar surface area (TPSA) is 24.5 Å². The maximum atomic E-state index is 5.42. The lowest BCUT2D eigenvalue weighted by molar-refractivity contribution is 0.187. The number of hydrogen-bond acceptors (Lipinski definition) is 3. The summed E-state index contributed by atoms with van der Waals surface area (Å²) in [6.07, 6.45) is 2.45. The second-order valence-electron chi connectivity index (χ2n) is 2.71. The van der Waals surface area contributed by atoms with Gasteiger partial charge < -0.3 is 4.84 Å². The lowest BCUT2D eigenvalue weighted by Crippen LogP contribution is -2.27. The molecule has 1 heterocycles. The summed E-state index contributed by atoms with van der Waals surface area (Å²) in [5.41, 5.74) is 3.96. The number of para-hydroxylation sites is 1. The summed E-state index contributed by atoms with van der Waals surface area (Å²) < 4.78 is 0. The minimum Gasteiger partial charge on any atom is -0.362 e. The molecule has 1 aromatic carbocycles. The monoisotopic (exact) mass is 175 g/mol. The fourth-order valence-electron chi connectivity index (χ4n) is 1.11. The highest BCUT2D eigenvalue weighted by Gasteiger charge is 2.13. The molecule has 1 N–H and O–H groups in total. The van der Waals surface area contributed by atoms with Crippen molar-refractivity contribution in [3.05, 3.63) is 49.2 Å². The Bertz CT molecular complexity index is 308. The van der Waals surface area contributed by atoms with E-state index in [0.29, 0.717) is 6.42 Å². The van der Waals surface area contributed by atoms with Crippen LogP contribution in [0, 0.1) is 6.92 Å². The van der Waals surface area contributed by atoms with Crippen LogP contribution >= 0.6 is 0 Å². The Morgan fingerprint density at radius 2 is 2.08 bits per heavy atom. The van der Waals surface area contributed by atoms with Crippen LogP contribution < -0.4 is 10.6 Å². The highest BCUT2D eigenvalue weighted by molar-refractivity contribution is 5.43. The molecule has 1 aromatic rings. The predicted octanol–water partition coefficient (Wildman–Crippen LogP) is 2.01. The molecule has 2 rings (SSSR count). The summed E-state index contributed by atoms with van der Waals surface area (Å²) in [6.45, 7) is 3.74. The maximum Gasteiger partial charge on any atom is 0.152 e. The predicted molar refractivity (Wildman–Crippen MR) is 51.2 cm³/mol. The van der Waals surface area contributed by atoms with Crippen molar-refractivity contribution < 1.29 is 4.84 Å². The molecular weight excluding hydrogens is 164 g/mol. The average molecular weight is 175 g/mol. The van der Waals surface area contributed by atoms with E-state index in [1.54, 1.807) is 11.4 Å². The Kier molecular flexibility index (Phi) is 2.08. The molecule has 0 bridgehead atoms. The highest BCUT2D eigenvalue weighted by Crippen LogP contribution is 2.18. The van der Waals surface area contributed by atoms with Gasteiger partial charge in [-0.05, 0) is 19.1 Å². The van der Waals surface area contributed by atoms with Gasteiger partial charge in [-0.3, -0.25) is 5.43 Å². The zero-order valence-electron chi connectivity index (χ0n) is 7.23. The van der Waals surface area contributed by atoms with Crippen LogP contribution in [-0.2, 0) is 4.84 Å². The molecule has 3 nitrogen and oxygen atoms in total. The summed E-state index contributed by atoms with van der Waals surface area (Å²) in [6, 6.07) is 9.82. The molecule has 3 heteroatoms. The summed E-state index contributed by atoms with van der Waals surface area (Å²) >= 11 is 0. The van der Waals surface area contributed by atoms with Crippen LogP contribution in [0.3, 0.4) is 0 Å². The molecule has 0 aliphatic carbocycles. The Morgan fingerprint density at radius 1 is 1.31 bits per heavy atom. The molecule has 0 saturated carbocycles. The van der Waals surface area contributed by atoms with Crippen LogP contribution in [0.15, 0.2) is 42.3 Å². The van der Waals surface area contributed by atoms with E-state index in [2.05, 4.69) is 12.3 Å². The second kappa shape index (κ2) is 3.39. The van der Waals surface area contributed by atoms with Crippen LogP contribution in [-0.4, -0.2) is 0 Å². The smallest absolute Gasteiger partial charge is 0.152 e. The van der Waals surface area contributed by atoms with E-state index < -0.39 is 0 Å². The highest BCUT2D eigenvalue weighted by atomic mass is 16.7. The Morgan fingerprint density at radius 3 is 2.69 bits per heavy atom. The fraction of sp³-hybridized carbons (Fsp3) is 0.100. The first-order valence-corrected chi connectivity index (χ1v) is 4.18. The number of rotatable bonds is 2. The van der Waals surface area contributed by atoms with Gasteiger partial charge in [-0.1, -0.05) is 18.2 Å². The van der Waals surface area contributed by atoms with Crippen molar-refractivity contribution in [1.29, 1.82) is 0 Å². The van der Waals surface area contributed by atoms with Gasteiger partial charge in [0.1, 0.15) is 0 Å². The van der Waals surface area contributed by atoms with E-state index in [4.69, 9.17) is 4.84 Å². The van der Waals surface area contributed by atoms with Gasteiger partial charge in [-0.15, -0.1) is 5.17 Å². The van der Waals surface area contributed by atoms with Crippen molar-refractivity contribution >= 4 is 5.69 Å². The normalized spacial score (nSPS) is 14.8. The van der Waals surface area contributed by atoms with Crippen LogP contribution in [0.5, 0.6) is 0 Å². The van der Waals surface area contributed by atoms with Gasteiger partial charge >= 0.3 is 0 Å². The quantitative estimate of drug-likeness (QED) is 0.744. The van der Waals surface area contributed by atoms with E-state index in [9.17, 15) is 0 Å². The molecule has 0 atom stereocenters. The molecule has 0 fully saturated rings. The third-order valence-corrected chi connectivity index (χ3v) is 1.79. The van der Waals surface area contributed by atoms with Crippen molar-refractivity contribution in [2.45, 2.75) is 6.42 Å². The molecule has 0 unspecified atom stereocenters. The lowest BCUT2D eigenvalue weighted by atomic mass is 10.3. The number of benzene rings is 1. The molecular formula is C10H11N2O. The van der Waals surface area contributed by atoms with Gasteiger partial charge in [0.25, 0.3) is 0 Å². The van der Waals surface area contributed by atoms with Crippen LogP contribution in [0.1, 0.15) is 6.42 Å². The average Bonchev–Trinajstić information content (AvgIpc) is 2.67. The van der Waals surface area contributed by atoms with Crippen LogP contribution in [0.25, 0.3) is 0 Å². The molecule has 1 aliphatic heterocycles. The van der Waals surface area contributed by atoms with Crippen molar-refractivity contribution in [3.8, 4) is 0 Å². The van der Waals surface area contributed by atoms with Gasteiger partial charge in [0.2, 0.25) is 0 Å². The van der Waals surface area contributed by atoms with E-state index in [-0.39, 0.29) is 0 Å². The third kappa shape index (κ3) is 1.59. The second-order valence-corrected chi connectivity index (χ2v) is 2.71. The minimum atomic E-state index is 0.649. The van der Waals surface area contributed by atoms with E-state index in [1.807, 2.05) is 30.3 Å². The first-order valence-electron chi connectivity index (χ1n) is 4.18. The van der Waals surface area contributed by atoms with Crippen LogP contribution in [0.4, 0.5) is 5.69 Å². The van der Waals surface area contributed by atoms with Crippen molar-refractivity contribution in [2.75, 3.05) is 5.17 Å². The largest absolute Gasteiger partial charge is 0.362 e. The molecule has 67 valence electrons. The van der Waals surface area contributed by atoms with Gasteiger partial charge in [0.15, 0.2) is 5.76 Å². The first-order chi connectivity index (χ1) is 6.40. The van der Waals surface area contributed by atoms with Gasteiger partial charge in [-0.25, -0.2) is 0 Å². The molecule has 0 aromatic heterocycles. The Hall–Kier alpha value is -1.64. The van der Waals surface area contributed by atoms with Crippen LogP contribution in [0.2, 0.25) is 0 Å². The Balaban J connectivity index is 2.07. The van der Waals surface area contributed by atoms with Crippen molar-refractivity contribution in [1.82, 2.24) is 5.43 Å². The first kappa shape index (κ1) is 7.98. The molecule has 0 amide bonds. The molecule has 1 radical (unpaired) electrons. The van der Waals surface area contributed by atoms with E-state index in [0.717, 1.165) is 11.4 Å². The SMILES string of the molecule is [CH2]CC1=CNN(c2ccccc2)O1. The Labute approximate surface area is 77.5 Å². The van der Waals surface area contributed by atoms with Crippen molar-refractivity contribution in [2.24, 2.45) is 0 Å². The van der Waals surface area contributed by atoms with E-state index in [1.165, 1.54) is 0 Å². The van der Waals surface area contributed by atoms with Crippen molar-refractivity contribution in [3.63, 3.8) is 0 Å². The number of anilines is 1. The number of allylic oxidation sites excluding steroid dienone is 1. The number of hydrazine groups is 1. The molecule has 13 heavy (non-hydrogen) atoms. The third-order valence-electron chi connectivity index (χ3n) is 1.79. The lowest BCUT2D eigenvalue weighted by Gasteiger charge is -2.17. The molecule has 1 aliphatic rings. The zero-order chi connectivity index (χ0) is 9.10. The maximum absolute atomic E-state index is 5.42. The zero-order valence-corrected chi connectivity index (χ0v) is 7.23. The fourth-order valence-corrected chi connectivity index (χ4v) is 1.11. The summed E-state index contributed by atoms with van der Waals surface area (Å²) in [5, 5.41) is 1.61. The minimum absolute atomic E-state index is 0.649. The molecule has 0 saturated heterocycles. The van der Waals surface area contributed by atoms with Gasteiger partial charge in [0.05, 0.1) is 11.9 Å². The summed E-state index contributed by atoms with van der Waals surface area (Å²) in [7, 11) is 0. The standard InChI is InChI=1S/C10H11N2O/c1-2-10-8-11-12(13-10)9-6-4-3-5-7-9/h3-8,11H,1-2H2. The van der Waals surface area contributed by atoms with E-state index >= 15 is 0 Å².